The number of para-hydroxylation sites is 1. The molecule has 0 aliphatic rings. The van der Waals surface area contributed by atoms with Crippen molar-refractivity contribution in [2.24, 2.45) is 5.10 Å². The Morgan fingerprint density at radius 3 is 2.58 bits per heavy atom. The summed E-state index contributed by atoms with van der Waals surface area (Å²) >= 11 is 0. The molecule has 0 aliphatic carbocycles. The maximum atomic E-state index is 12.4. The second-order valence-electron chi connectivity index (χ2n) is 5.79. The van der Waals surface area contributed by atoms with Gasteiger partial charge < -0.3 is 4.98 Å². The Kier molecular flexibility index (Phi) is 4.15. The van der Waals surface area contributed by atoms with Gasteiger partial charge in [-0.3, -0.25) is 0 Å². The molecule has 0 saturated heterocycles. The van der Waals surface area contributed by atoms with E-state index in [0.717, 1.165) is 27.6 Å². The molecule has 1 aromatic heterocycles. The number of rotatable bonds is 4. The van der Waals surface area contributed by atoms with E-state index < -0.39 is 10.0 Å². The SMILES string of the molecule is C/C(=N\NS(=O)(=O)c1ccc(C)c(C)c1)c1c[nH]c2ccccc12. The molecule has 0 unspecified atom stereocenters. The summed E-state index contributed by atoms with van der Waals surface area (Å²) < 4.78 is 24.8. The molecule has 2 aromatic carbocycles. The lowest BCUT2D eigenvalue weighted by molar-refractivity contribution is 0.584. The van der Waals surface area contributed by atoms with E-state index in [2.05, 4.69) is 14.9 Å². The van der Waals surface area contributed by atoms with E-state index in [9.17, 15) is 8.42 Å². The van der Waals surface area contributed by atoms with Crippen LogP contribution in [0.25, 0.3) is 10.9 Å². The van der Waals surface area contributed by atoms with Gasteiger partial charge in [-0.2, -0.15) is 18.4 Å². The molecule has 0 aliphatic heterocycles. The number of hydrogen-bond acceptors (Lipinski definition) is 3. The topological polar surface area (TPSA) is 74.3 Å². The lowest BCUT2D eigenvalue weighted by atomic mass is 10.1. The van der Waals surface area contributed by atoms with E-state index in [1.807, 2.05) is 44.3 Å². The average molecular weight is 341 g/mol. The molecule has 3 aromatic rings. The predicted octanol–water partition coefficient (Wildman–Crippen LogP) is 3.49. The zero-order valence-electron chi connectivity index (χ0n) is 13.8. The van der Waals surface area contributed by atoms with Crippen LogP contribution in [-0.2, 0) is 10.0 Å². The van der Waals surface area contributed by atoms with Crippen molar-refractivity contribution in [3.63, 3.8) is 0 Å². The van der Waals surface area contributed by atoms with Gasteiger partial charge in [-0.05, 0) is 50.1 Å². The summed E-state index contributed by atoms with van der Waals surface area (Å²) in [5, 5.41) is 5.08. The molecule has 0 saturated carbocycles. The normalized spacial score (nSPS) is 12.5. The third kappa shape index (κ3) is 3.05. The van der Waals surface area contributed by atoms with Gasteiger partial charge in [0.2, 0.25) is 0 Å². The number of aromatic nitrogens is 1. The van der Waals surface area contributed by atoms with E-state index >= 15 is 0 Å². The molecule has 0 amide bonds. The molecular formula is C18H19N3O2S. The molecule has 0 fully saturated rings. The van der Waals surface area contributed by atoms with E-state index in [1.54, 1.807) is 25.1 Å². The molecule has 0 radical (unpaired) electrons. The fourth-order valence-electron chi connectivity index (χ4n) is 2.49. The van der Waals surface area contributed by atoms with Crippen LogP contribution >= 0.6 is 0 Å². The number of fused-ring (bicyclic) bond motifs is 1. The van der Waals surface area contributed by atoms with Gasteiger partial charge in [-0.15, -0.1) is 0 Å². The Bertz CT molecular complexity index is 1030. The first-order chi connectivity index (χ1) is 11.4. The standard InChI is InChI=1S/C18H19N3O2S/c1-12-8-9-15(10-13(12)2)24(22,23)21-20-14(3)17-11-19-18-7-5-4-6-16(17)18/h4-11,19,21H,1-3H3/b20-14+. The smallest absolute Gasteiger partial charge is 0.276 e. The van der Waals surface area contributed by atoms with Gasteiger partial charge in [0.05, 0.1) is 10.6 Å². The quantitative estimate of drug-likeness (QED) is 0.563. The fraction of sp³-hybridized carbons (Fsp3) is 0.167. The molecule has 1 heterocycles. The summed E-state index contributed by atoms with van der Waals surface area (Å²) in [6, 6.07) is 12.8. The van der Waals surface area contributed by atoms with Crippen molar-refractivity contribution in [3.05, 3.63) is 65.4 Å². The lowest BCUT2D eigenvalue weighted by Gasteiger charge is -2.07. The van der Waals surface area contributed by atoms with Crippen LogP contribution in [0.1, 0.15) is 23.6 Å². The second-order valence-corrected chi connectivity index (χ2v) is 7.45. The fourth-order valence-corrected chi connectivity index (χ4v) is 3.44. The van der Waals surface area contributed by atoms with Gasteiger partial charge in [0.1, 0.15) is 0 Å². The highest BCUT2D eigenvalue weighted by atomic mass is 32.2. The molecule has 5 nitrogen and oxygen atoms in total. The number of benzene rings is 2. The maximum absolute atomic E-state index is 12.4. The Morgan fingerprint density at radius 1 is 1.08 bits per heavy atom. The summed E-state index contributed by atoms with van der Waals surface area (Å²) in [7, 11) is -3.69. The van der Waals surface area contributed by atoms with E-state index in [4.69, 9.17) is 0 Å². The van der Waals surface area contributed by atoms with Crippen molar-refractivity contribution in [1.82, 2.24) is 9.82 Å². The summed E-state index contributed by atoms with van der Waals surface area (Å²) in [6.07, 6.45) is 1.83. The summed E-state index contributed by atoms with van der Waals surface area (Å²) in [5.74, 6) is 0. The Labute approximate surface area is 141 Å². The van der Waals surface area contributed by atoms with Crippen molar-refractivity contribution in [2.45, 2.75) is 25.7 Å². The highest BCUT2D eigenvalue weighted by molar-refractivity contribution is 7.89. The minimum Gasteiger partial charge on any atom is -0.360 e. The first kappa shape index (κ1) is 16.3. The summed E-state index contributed by atoms with van der Waals surface area (Å²) in [6.45, 7) is 5.60. The number of nitrogens with one attached hydrogen (secondary N) is 2. The van der Waals surface area contributed by atoms with E-state index in [1.165, 1.54) is 0 Å². The van der Waals surface area contributed by atoms with Gasteiger partial charge in [-0.25, -0.2) is 0 Å². The first-order valence-corrected chi connectivity index (χ1v) is 9.06. The van der Waals surface area contributed by atoms with Gasteiger partial charge in [0, 0.05) is 22.7 Å². The van der Waals surface area contributed by atoms with Gasteiger partial charge >= 0.3 is 0 Å². The minimum atomic E-state index is -3.69. The van der Waals surface area contributed by atoms with Crippen LogP contribution in [0, 0.1) is 13.8 Å². The third-order valence-electron chi connectivity index (χ3n) is 4.10. The summed E-state index contributed by atoms with van der Waals surface area (Å²) in [5.41, 5.74) is 4.43. The van der Waals surface area contributed by atoms with Crippen molar-refractivity contribution >= 4 is 26.6 Å². The largest absolute Gasteiger partial charge is 0.360 e. The molecule has 24 heavy (non-hydrogen) atoms. The molecule has 2 N–H and O–H groups in total. The number of nitrogens with zero attached hydrogens (tertiary/aromatic N) is 1. The molecule has 0 bridgehead atoms. The van der Waals surface area contributed by atoms with Crippen molar-refractivity contribution in [2.75, 3.05) is 0 Å². The number of sulfonamides is 1. The zero-order chi connectivity index (χ0) is 17.3. The molecular weight excluding hydrogens is 322 g/mol. The second kappa shape index (κ2) is 6.13. The van der Waals surface area contributed by atoms with Gasteiger partial charge in [-0.1, -0.05) is 24.3 Å². The predicted molar refractivity (Wildman–Crippen MR) is 96.7 cm³/mol. The third-order valence-corrected chi connectivity index (χ3v) is 5.31. The Balaban J connectivity index is 1.90. The van der Waals surface area contributed by atoms with Crippen molar-refractivity contribution < 1.29 is 8.42 Å². The van der Waals surface area contributed by atoms with Gasteiger partial charge in [0.25, 0.3) is 10.0 Å². The van der Waals surface area contributed by atoms with Crippen LogP contribution in [0.2, 0.25) is 0 Å². The van der Waals surface area contributed by atoms with Crippen LogP contribution < -0.4 is 4.83 Å². The zero-order valence-corrected chi connectivity index (χ0v) is 14.6. The highest BCUT2D eigenvalue weighted by Crippen LogP contribution is 2.19. The maximum Gasteiger partial charge on any atom is 0.276 e. The molecule has 3 rings (SSSR count). The number of aryl methyl sites for hydroxylation is 2. The van der Waals surface area contributed by atoms with E-state index in [0.29, 0.717) is 5.71 Å². The number of hydrogen-bond donors (Lipinski definition) is 2. The highest BCUT2D eigenvalue weighted by Gasteiger charge is 2.14. The average Bonchev–Trinajstić information content (AvgIpc) is 2.99. The first-order valence-electron chi connectivity index (χ1n) is 7.58. The number of H-pyrrole nitrogens is 1. The summed E-state index contributed by atoms with van der Waals surface area (Å²) in [4.78, 5) is 5.68. The Morgan fingerprint density at radius 2 is 1.83 bits per heavy atom. The van der Waals surface area contributed by atoms with Crippen molar-refractivity contribution in [1.29, 1.82) is 0 Å². The van der Waals surface area contributed by atoms with Crippen LogP contribution in [0.15, 0.2) is 58.7 Å². The monoisotopic (exact) mass is 341 g/mol. The number of hydrazone groups is 1. The lowest BCUT2D eigenvalue weighted by Crippen LogP contribution is -2.20. The Hall–Kier alpha value is -2.60. The molecule has 124 valence electrons. The molecule has 0 atom stereocenters. The van der Waals surface area contributed by atoms with Crippen LogP contribution in [0.4, 0.5) is 0 Å². The number of aromatic amines is 1. The van der Waals surface area contributed by atoms with Crippen LogP contribution in [0.5, 0.6) is 0 Å². The molecule has 0 spiro atoms. The van der Waals surface area contributed by atoms with E-state index in [-0.39, 0.29) is 4.90 Å². The van der Waals surface area contributed by atoms with Crippen LogP contribution in [0.3, 0.4) is 0 Å². The molecule has 6 heteroatoms. The van der Waals surface area contributed by atoms with Crippen molar-refractivity contribution in [3.8, 4) is 0 Å². The van der Waals surface area contributed by atoms with Gasteiger partial charge in [0.15, 0.2) is 0 Å². The van der Waals surface area contributed by atoms with Crippen LogP contribution in [-0.4, -0.2) is 19.1 Å². The minimum absolute atomic E-state index is 0.209.